The smallest absolute Gasteiger partial charge is 0.245 e. The zero-order valence-corrected chi connectivity index (χ0v) is 15.5. The van der Waals surface area contributed by atoms with E-state index in [2.05, 4.69) is 21.2 Å². The van der Waals surface area contributed by atoms with Crippen molar-refractivity contribution in [2.75, 3.05) is 22.4 Å². The number of benzene rings is 2. The van der Waals surface area contributed by atoms with Crippen LogP contribution in [0, 0.1) is 12.7 Å². The Morgan fingerprint density at radius 3 is 2.38 bits per heavy atom. The molecule has 0 spiro atoms. The Morgan fingerprint density at radius 1 is 1.21 bits per heavy atom. The van der Waals surface area contributed by atoms with Gasteiger partial charge in [0.05, 0.1) is 11.9 Å². The quantitative estimate of drug-likeness (QED) is 0.815. The monoisotopic (exact) mass is 414 g/mol. The van der Waals surface area contributed by atoms with Gasteiger partial charge in [-0.25, -0.2) is 12.8 Å². The van der Waals surface area contributed by atoms with Crippen LogP contribution < -0.4 is 9.62 Å². The van der Waals surface area contributed by atoms with Crippen molar-refractivity contribution in [3.05, 3.63) is 58.3 Å². The number of hydrogen-bond acceptors (Lipinski definition) is 3. The lowest BCUT2D eigenvalue weighted by atomic mass is 10.2. The SMILES string of the molecule is Cc1cc(N(CC(=O)Nc2ccc(F)cc2)S(C)(=O)=O)ccc1Br. The highest BCUT2D eigenvalue weighted by Crippen LogP contribution is 2.24. The van der Waals surface area contributed by atoms with Crippen LogP contribution in [0.15, 0.2) is 46.9 Å². The number of sulfonamides is 1. The van der Waals surface area contributed by atoms with E-state index >= 15 is 0 Å². The van der Waals surface area contributed by atoms with Gasteiger partial charge >= 0.3 is 0 Å². The van der Waals surface area contributed by atoms with E-state index in [0.29, 0.717) is 11.4 Å². The summed E-state index contributed by atoms with van der Waals surface area (Å²) in [4.78, 5) is 12.2. The third kappa shape index (κ3) is 4.78. The van der Waals surface area contributed by atoms with Crippen LogP contribution in [0.25, 0.3) is 0 Å². The standard InChI is InChI=1S/C16H16BrFN2O3S/c1-11-9-14(7-8-15(11)17)20(24(2,22)23)10-16(21)19-13-5-3-12(18)4-6-13/h3-9H,10H2,1-2H3,(H,19,21). The predicted molar refractivity (Wildman–Crippen MR) is 96.1 cm³/mol. The summed E-state index contributed by atoms with van der Waals surface area (Å²) >= 11 is 3.35. The Bertz CT molecular complexity index is 854. The van der Waals surface area contributed by atoms with Crippen molar-refractivity contribution in [3.8, 4) is 0 Å². The Labute approximate surface area is 148 Å². The fourth-order valence-corrected chi connectivity index (χ4v) is 3.14. The Hall–Kier alpha value is -1.93. The Balaban J connectivity index is 2.21. The molecule has 1 amide bonds. The molecular weight excluding hydrogens is 399 g/mol. The first-order valence-electron chi connectivity index (χ1n) is 6.96. The lowest BCUT2D eigenvalue weighted by Crippen LogP contribution is -2.37. The van der Waals surface area contributed by atoms with Crippen LogP contribution >= 0.6 is 15.9 Å². The molecule has 0 saturated carbocycles. The number of hydrogen-bond donors (Lipinski definition) is 1. The van der Waals surface area contributed by atoms with Gasteiger partial charge in [-0.05, 0) is 55.0 Å². The zero-order valence-electron chi connectivity index (χ0n) is 13.1. The first kappa shape index (κ1) is 18.4. The number of carbonyl (C=O) groups is 1. The average molecular weight is 415 g/mol. The molecule has 0 aliphatic carbocycles. The summed E-state index contributed by atoms with van der Waals surface area (Å²) in [5.74, 6) is -0.941. The minimum atomic E-state index is -3.64. The number of nitrogens with one attached hydrogen (secondary N) is 1. The van der Waals surface area contributed by atoms with Gasteiger partial charge in [0, 0.05) is 10.2 Å². The van der Waals surface area contributed by atoms with Gasteiger partial charge in [-0.3, -0.25) is 9.10 Å². The van der Waals surface area contributed by atoms with Crippen molar-refractivity contribution >= 4 is 43.2 Å². The van der Waals surface area contributed by atoms with Gasteiger partial charge in [0.25, 0.3) is 0 Å². The first-order valence-corrected chi connectivity index (χ1v) is 9.60. The first-order chi connectivity index (χ1) is 11.2. The molecule has 2 aromatic carbocycles. The maximum atomic E-state index is 12.9. The maximum Gasteiger partial charge on any atom is 0.245 e. The van der Waals surface area contributed by atoms with E-state index in [4.69, 9.17) is 0 Å². The normalized spacial score (nSPS) is 11.2. The number of aryl methyl sites for hydroxylation is 1. The Morgan fingerprint density at radius 2 is 1.83 bits per heavy atom. The average Bonchev–Trinajstić information content (AvgIpc) is 2.49. The van der Waals surface area contributed by atoms with E-state index in [1.807, 2.05) is 6.92 Å². The van der Waals surface area contributed by atoms with Gasteiger partial charge in [-0.2, -0.15) is 0 Å². The second-order valence-electron chi connectivity index (χ2n) is 5.26. The molecule has 24 heavy (non-hydrogen) atoms. The van der Waals surface area contributed by atoms with E-state index in [1.54, 1.807) is 18.2 Å². The van der Waals surface area contributed by atoms with Crippen LogP contribution in [-0.4, -0.2) is 27.1 Å². The predicted octanol–water partition coefficient (Wildman–Crippen LogP) is 3.30. The van der Waals surface area contributed by atoms with Crippen molar-refractivity contribution in [2.24, 2.45) is 0 Å². The summed E-state index contributed by atoms with van der Waals surface area (Å²) in [7, 11) is -3.64. The maximum absolute atomic E-state index is 12.9. The molecule has 128 valence electrons. The van der Waals surface area contributed by atoms with E-state index < -0.39 is 21.7 Å². The summed E-state index contributed by atoms with van der Waals surface area (Å²) in [5.41, 5.74) is 1.63. The van der Waals surface area contributed by atoms with Crippen molar-refractivity contribution < 1.29 is 17.6 Å². The minimum Gasteiger partial charge on any atom is -0.325 e. The number of halogens is 2. The van der Waals surface area contributed by atoms with Crippen molar-refractivity contribution in [3.63, 3.8) is 0 Å². The summed E-state index contributed by atoms with van der Waals surface area (Å²) in [6, 6.07) is 10.2. The van der Waals surface area contributed by atoms with Crippen LogP contribution in [0.5, 0.6) is 0 Å². The molecule has 5 nitrogen and oxygen atoms in total. The van der Waals surface area contributed by atoms with Crippen molar-refractivity contribution in [1.29, 1.82) is 0 Å². The van der Waals surface area contributed by atoms with Crippen molar-refractivity contribution in [2.45, 2.75) is 6.92 Å². The van der Waals surface area contributed by atoms with E-state index in [9.17, 15) is 17.6 Å². The van der Waals surface area contributed by atoms with E-state index in [0.717, 1.165) is 20.6 Å². The van der Waals surface area contributed by atoms with Crippen LogP contribution in [0.2, 0.25) is 0 Å². The number of carbonyl (C=O) groups excluding carboxylic acids is 1. The molecule has 8 heteroatoms. The van der Waals surface area contributed by atoms with Gasteiger partial charge in [0.2, 0.25) is 15.9 Å². The van der Waals surface area contributed by atoms with E-state index in [1.165, 1.54) is 24.3 Å². The van der Waals surface area contributed by atoms with Gasteiger partial charge in [-0.1, -0.05) is 15.9 Å². The molecular formula is C16H16BrFN2O3S. The number of nitrogens with zero attached hydrogens (tertiary/aromatic N) is 1. The summed E-state index contributed by atoms with van der Waals surface area (Å²) in [6.07, 6.45) is 1.04. The van der Waals surface area contributed by atoms with Crippen LogP contribution in [0.3, 0.4) is 0 Å². The molecule has 0 aromatic heterocycles. The highest BCUT2D eigenvalue weighted by molar-refractivity contribution is 9.10. The van der Waals surface area contributed by atoms with Gasteiger partial charge < -0.3 is 5.32 Å². The second-order valence-corrected chi connectivity index (χ2v) is 8.02. The summed E-state index contributed by atoms with van der Waals surface area (Å²) in [6.45, 7) is 1.45. The molecule has 0 heterocycles. The highest BCUT2D eigenvalue weighted by atomic mass is 79.9. The molecule has 0 radical (unpaired) electrons. The lowest BCUT2D eigenvalue weighted by Gasteiger charge is -2.22. The fraction of sp³-hybridized carbons (Fsp3) is 0.188. The molecule has 2 aromatic rings. The number of amides is 1. The summed E-state index contributed by atoms with van der Waals surface area (Å²) < 4.78 is 38.8. The largest absolute Gasteiger partial charge is 0.325 e. The van der Waals surface area contributed by atoms with Crippen LogP contribution in [-0.2, 0) is 14.8 Å². The Kier molecular flexibility index (Phi) is 5.61. The van der Waals surface area contributed by atoms with Gasteiger partial charge in [0.15, 0.2) is 0 Å². The number of rotatable bonds is 5. The van der Waals surface area contributed by atoms with Crippen LogP contribution in [0.1, 0.15) is 5.56 Å². The lowest BCUT2D eigenvalue weighted by molar-refractivity contribution is -0.114. The topological polar surface area (TPSA) is 66.5 Å². The van der Waals surface area contributed by atoms with Gasteiger partial charge in [-0.15, -0.1) is 0 Å². The third-order valence-electron chi connectivity index (χ3n) is 3.25. The molecule has 0 bridgehead atoms. The molecule has 2 rings (SSSR count). The van der Waals surface area contributed by atoms with Crippen molar-refractivity contribution in [1.82, 2.24) is 0 Å². The molecule has 0 fully saturated rings. The third-order valence-corrected chi connectivity index (χ3v) is 5.28. The molecule has 1 N–H and O–H groups in total. The number of anilines is 2. The highest BCUT2D eigenvalue weighted by Gasteiger charge is 2.21. The molecule has 0 aliphatic rings. The molecule has 0 aliphatic heterocycles. The molecule has 0 unspecified atom stereocenters. The zero-order chi connectivity index (χ0) is 17.9. The minimum absolute atomic E-state index is 0.378. The molecule has 0 saturated heterocycles. The fourth-order valence-electron chi connectivity index (χ4n) is 2.05. The summed E-state index contributed by atoms with van der Waals surface area (Å²) in [5, 5.41) is 2.55. The van der Waals surface area contributed by atoms with Crippen LogP contribution in [0.4, 0.5) is 15.8 Å². The second kappa shape index (κ2) is 7.31. The molecule has 0 atom stereocenters. The van der Waals surface area contributed by atoms with Gasteiger partial charge in [0.1, 0.15) is 12.4 Å². The van der Waals surface area contributed by atoms with E-state index in [-0.39, 0.29) is 6.54 Å².